The van der Waals surface area contributed by atoms with Gasteiger partial charge >= 0.3 is 0 Å². The van der Waals surface area contributed by atoms with E-state index in [0.717, 1.165) is 23.1 Å². The average Bonchev–Trinajstić information content (AvgIpc) is 2.84. The number of hydrogen-bond acceptors (Lipinski definition) is 2. The van der Waals surface area contributed by atoms with Gasteiger partial charge in [0.1, 0.15) is 0 Å². The van der Waals surface area contributed by atoms with Gasteiger partial charge < -0.3 is 0 Å². The van der Waals surface area contributed by atoms with E-state index >= 15 is 0 Å². The van der Waals surface area contributed by atoms with E-state index in [1.54, 1.807) is 12.3 Å². The molecule has 2 heterocycles. The molecule has 2 aromatic heterocycles. The number of hydrogen-bond donors (Lipinski definition) is 0. The number of rotatable bonds is 1. The summed E-state index contributed by atoms with van der Waals surface area (Å²) in [4.78, 5) is 11.1. The minimum Gasteiger partial charge on any atom is -0.295 e. The van der Waals surface area contributed by atoms with Crippen LogP contribution in [0.15, 0.2) is 36.7 Å². The van der Waals surface area contributed by atoms with Gasteiger partial charge in [-0.15, -0.1) is 0 Å². The highest BCUT2D eigenvalue weighted by Crippen LogP contribution is 2.25. The fraction of sp³-hybridized carbons (Fsp3) is 0.167. The molecule has 0 aromatic carbocycles. The highest BCUT2D eigenvalue weighted by Gasteiger charge is 2.13. The lowest BCUT2D eigenvalue weighted by Gasteiger charge is -2.01. The fourth-order valence-electron chi connectivity index (χ4n) is 1.93. The number of fused-ring (bicyclic) bond motifs is 1. The maximum Gasteiger partial charge on any atom is 0.156 e. The first-order valence-corrected chi connectivity index (χ1v) is 5.00. The van der Waals surface area contributed by atoms with Crippen molar-refractivity contribution < 1.29 is 4.79 Å². The van der Waals surface area contributed by atoms with E-state index in [2.05, 4.69) is 5.10 Å². The number of pyridine rings is 1. The molecule has 3 nitrogen and oxygen atoms in total. The molecule has 0 radical (unpaired) electrons. The Morgan fingerprint density at radius 3 is 2.93 bits per heavy atom. The van der Waals surface area contributed by atoms with E-state index in [1.807, 2.05) is 28.9 Å². The second-order valence-electron chi connectivity index (χ2n) is 3.75. The maximum absolute atomic E-state index is 11.1. The fourth-order valence-corrected chi connectivity index (χ4v) is 1.93. The minimum absolute atomic E-state index is 0.227. The normalized spacial score (nSPS) is 16.0. The Hall–Kier alpha value is -1.90. The summed E-state index contributed by atoms with van der Waals surface area (Å²) in [6, 6.07) is 6.02. The third kappa shape index (κ3) is 1.36. The lowest BCUT2D eigenvalue weighted by Crippen LogP contribution is -1.89. The van der Waals surface area contributed by atoms with Crippen molar-refractivity contribution >= 4 is 16.9 Å². The number of ketones is 1. The van der Waals surface area contributed by atoms with Gasteiger partial charge in [0.05, 0.1) is 5.52 Å². The number of nitrogens with zero attached hydrogens (tertiary/aromatic N) is 2. The molecule has 1 aliphatic rings. The Morgan fingerprint density at radius 1 is 1.20 bits per heavy atom. The first-order valence-electron chi connectivity index (χ1n) is 5.00. The molecule has 0 saturated heterocycles. The largest absolute Gasteiger partial charge is 0.295 e. The molecule has 3 heteroatoms. The number of allylic oxidation sites excluding steroid dienone is 2. The van der Waals surface area contributed by atoms with Crippen LogP contribution < -0.4 is 0 Å². The Kier molecular flexibility index (Phi) is 1.71. The zero-order chi connectivity index (χ0) is 10.3. The van der Waals surface area contributed by atoms with E-state index in [0.29, 0.717) is 6.42 Å². The molecular weight excluding hydrogens is 188 g/mol. The topological polar surface area (TPSA) is 34.4 Å². The Balaban J connectivity index is 2.11. The summed E-state index contributed by atoms with van der Waals surface area (Å²) in [6.45, 7) is 0. The molecule has 15 heavy (non-hydrogen) atoms. The molecule has 0 atom stereocenters. The van der Waals surface area contributed by atoms with Gasteiger partial charge in [0, 0.05) is 18.8 Å². The van der Waals surface area contributed by atoms with Crippen LogP contribution >= 0.6 is 0 Å². The second-order valence-corrected chi connectivity index (χ2v) is 3.75. The summed E-state index contributed by atoms with van der Waals surface area (Å²) in [5.74, 6) is 0.227. The zero-order valence-electron chi connectivity index (χ0n) is 8.18. The van der Waals surface area contributed by atoms with Gasteiger partial charge in [0.15, 0.2) is 5.78 Å². The smallest absolute Gasteiger partial charge is 0.156 e. The molecule has 0 unspecified atom stereocenters. The standard InChI is InChI=1S/C12H10N2O/c15-12-4-2-9(7-12)10-1-3-11-5-6-13-14(11)8-10/h1,3,5-8H,2,4H2. The molecule has 0 amide bonds. The van der Waals surface area contributed by atoms with Gasteiger partial charge in [-0.05, 0) is 35.8 Å². The third-order valence-corrected chi connectivity index (χ3v) is 2.74. The Labute approximate surface area is 87.0 Å². The third-order valence-electron chi connectivity index (χ3n) is 2.74. The summed E-state index contributed by atoms with van der Waals surface area (Å²) < 4.78 is 1.83. The zero-order valence-corrected chi connectivity index (χ0v) is 8.18. The lowest BCUT2D eigenvalue weighted by molar-refractivity contribution is -0.114. The van der Waals surface area contributed by atoms with Gasteiger partial charge in [-0.2, -0.15) is 5.10 Å². The van der Waals surface area contributed by atoms with E-state index in [-0.39, 0.29) is 5.78 Å². The van der Waals surface area contributed by atoms with Crippen molar-refractivity contribution in [2.75, 3.05) is 0 Å². The van der Waals surface area contributed by atoms with Crippen LogP contribution in [0, 0.1) is 0 Å². The van der Waals surface area contributed by atoms with Gasteiger partial charge in [-0.25, -0.2) is 4.52 Å². The number of carbonyl (C=O) groups is 1. The minimum atomic E-state index is 0.227. The maximum atomic E-state index is 11.1. The van der Waals surface area contributed by atoms with Crippen LogP contribution in [0.2, 0.25) is 0 Å². The molecule has 0 aliphatic heterocycles. The van der Waals surface area contributed by atoms with E-state index < -0.39 is 0 Å². The molecule has 3 rings (SSSR count). The highest BCUT2D eigenvalue weighted by atomic mass is 16.1. The van der Waals surface area contributed by atoms with Crippen LogP contribution in [-0.2, 0) is 4.79 Å². The molecule has 0 bridgehead atoms. The molecule has 74 valence electrons. The van der Waals surface area contributed by atoms with Crippen LogP contribution in [0.5, 0.6) is 0 Å². The summed E-state index contributed by atoms with van der Waals surface area (Å²) in [6.07, 6.45) is 6.98. The average molecular weight is 198 g/mol. The molecule has 1 aliphatic carbocycles. The molecule has 0 spiro atoms. The predicted octanol–water partition coefficient (Wildman–Crippen LogP) is 2.08. The second kappa shape index (κ2) is 3.05. The monoisotopic (exact) mass is 198 g/mol. The molecule has 0 fully saturated rings. The summed E-state index contributed by atoms with van der Waals surface area (Å²) in [7, 11) is 0. The van der Waals surface area contributed by atoms with Crippen molar-refractivity contribution in [3.05, 3.63) is 42.2 Å². The number of carbonyl (C=O) groups excluding carboxylic acids is 1. The van der Waals surface area contributed by atoms with Crippen molar-refractivity contribution in [1.29, 1.82) is 0 Å². The van der Waals surface area contributed by atoms with Gasteiger partial charge in [0.2, 0.25) is 0 Å². The first kappa shape index (κ1) is 8.41. The Morgan fingerprint density at radius 2 is 2.13 bits per heavy atom. The summed E-state index contributed by atoms with van der Waals surface area (Å²) in [5.41, 5.74) is 3.29. The van der Waals surface area contributed by atoms with Crippen molar-refractivity contribution in [3.63, 3.8) is 0 Å². The molecule has 0 N–H and O–H groups in total. The van der Waals surface area contributed by atoms with Crippen molar-refractivity contribution in [2.24, 2.45) is 0 Å². The van der Waals surface area contributed by atoms with E-state index in [4.69, 9.17) is 0 Å². The molecule has 0 saturated carbocycles. The summed E-state index contributed by atoms with van der Waals surface area (Å²) in [5, 5.41) is 4.17. The van der Waals surface area contributed by atoms with Crippen LogP contribution in [0.1, 0.15) is 18.4 Å². The highest BCUT2D eigenvalue weighted by molar-refractivity contribution is 6.01. The van der Waals surface area contributed by atoms with Crippen molar-refractivity contribution in [3.8, 4) is 0 Å². The van der Waals surface area contributed by atoms with E-state index in [1.165, 1.54) is 0 Å². The summed E-state index contributed by atoms with van der Waals surface area (Å²) >= 11 is 0. The van der Waals surface area contributed by atoms with E-state index in [9.17, 15) is 4.79 Å². The quantitative estimate of drug-likeness (QED) is 0.703. The van der Waals surface area contributed by atoms with Crippen molar-refractivity contribution in [1.82, 2.24) is 9.61 Å². The van der Waals surface area contributed by atoms with Gasteiger partial charge in [-0.3, -0.25) is 4.79 Å². The molecule has 2 aromatic rings. The van der Waals surface area contributed by atoms with Gasteiger partial charge in [-0.1, -0.05) is 6.07 Å². The van der Waals surface area contributed by atoms with Crippen LogP contribution in [0.4, 0.5) is 0 Å². The molecular formula is C12H10N2O. The number of aromatic nitrogens is 2. The lowest BCUT2D eigenvalue weighted by atomic mass is 10.1. The van der Waals surface area contributed by atoms with Crippen LogP contribution in [0.3, 0.4) is 0 Å². The van der Waals surface area contributed by atoms with Crippen molar-refractivity contribution in [2.45, 2.75) is 12.8 Å². The first-order chi connectivity index (χ1) is 7.33. The SMILES string of the molecule is O=C1C=C(c2ccc3ccnn3c2)CC1. The van der Waals surface area contributed by atoms with Crippen LogP contribution in [-0.4, -0.2) is 15.4 Å². The van der Waals surface area contributed by atoms with Gasteiger partial charge in [0.25, 0.3) is 0 Å². The van der Waals surface area contributed by atoms with Crippen LogP contribution in [0.25, 0.3) is 11.1 Å². The predicted molar refractivity (Wildman–Crippen MR) is 57.4 cm³/mol. The Bertz CT molecular complexity index is 566.